The monoisotopic (exact) mass is 233 g/mol. The van der Waals surface area contributed by atoms with Crippen molar-refractivity contribution in [3.8, 4) is 0 Å². The number of aliphatic hydroxyl groups excluding tert-OH is 1. The number of aliphatic hydroxyl groups is 1. The highest BCUT2D eigenvalue weighted by atomic mass is 16.3. The topological polar surface area (TPSA) is 23.5 Å². The Morgan fingerprint density at radius 1 is 1.41 bits per heavy atom. The lowest BCUT2D eigenvalue weighted by Crippen LogP contribution is -2.24. The van der Waals surface area contributed by atoms with Gasteiger partial charge in [-0.3, -0.25) is 0 Å². The Hall–Kier alpha value is -1.02. The Labute approximate surface area is 104 Å². The summed E-state index contributed by atoms with van der Waals surface area (Å²) in [4.78, 5) is 2.31. The van der Waals surface area contributed by atoms with E-state index in [0.29, 0.717) is 0 Å². The number of unbranched alkanes of at least 4 members (excludes halogenated alkanes) is 1. The summed E-state index contributed by atoms with van der Waals surface area (Å²) in [5, 5.41) is 10.1. The average Bonchev–Trinajstić information content (AvgIpc) is 2.36. The molecule has 0 bridgehead atoms. The van der Waals surface area contributed by atoms with Crippen molar-refractivity contribution >= 4 is 5.69 Å². The molecule has 2 heteroatoms. The van der Waals surface area contributed by atoms with Gasteiger partial charge in [0.2, 0.25) is 0 Å². The van der Waals surface area contributed by atoms with Gasteiger partial charge in [-0.2, -0.15) is 0 Å². The molecule has 0 saturated heterocycles. The van der Waals surface area contributed by atoms with Gasteiger partial charge in [-0.25, -0.2) is 0 Å². The molecule has 0 fully saturated rings. The van der Waals surface area contributed by atoms with Gasteiger partial charge in [0.25, 0.3) is 0 Å². The summed E-state index contributed by atoms with van der Waals surface area (Å²) < 4.78 is 0. The third-order valence-corrected chi connectivity index (χ3v) is 3.67. The van der Waals surface area contributed by atoms with Crippen molar-refractivity contribution in [1.29, 1.82) is 0 Å². The van der Waals surface area contributed by atoms with E-state index in [1.165, 1.54) is 17.7 Å². The van der Waals surface area contributed by atoms with E-state index in [1.54, 1.807) is 0 Å². The van der Waals surface area contributed by atoms with Crippen LogP contribution in [0.15, 0.2) is 18.2 Å². The number of anilines is 1. The fourth-order valence-electron chi connectivity index (χ4n) is 2.58. The number of hydrogen-bond acceptors (Lipinski definition) is 2. The molecular weight excluding hydrogens is 210 g/mol. The van der Waals surface area contributed by atoms with E-state index in [4.69, 9.17) is 0 Å². The van der Waals surface area contributed by atoms with Crippen LogP contribution in [0.3, 0.4) is 0 Å². The molecule has 94 valence electrons. The van der Waals surface area contributed by atoms with Crippen LogP contribution in [0.5, 0.6) is 0 Å². The predicted octanol–water partition coefficient (Wildman–Crippen LogP) is 3.29. The SMILES string of the molecule is CCCCC(O)c1ccc2c(c1)CCCN2C. The molecule has 2 rings (SSSR count). The normalized spacial score (nSPS) is 16.8. The van der Waals surface area contributed by atoms with E-state index in [1.807, 2.05) is 0 Å². The standard InChI is InChI=1S/C15H23NO/c1-3-4-7-15(17)13-8-9-14-12(11-13)6-5-10-16(14)2/h8-9,11,15,17H,3-7,10H2,1-2H3. The van der Waals surface area contributed by atoms with Gasteiger partial charge in [0.1, 0.15) is 0 Å². The van der Waals surface area contributed by atoms with Crippen molar-refractivity contribution in [2.24, 2.45) is 0 Å². The van der Waals surface area contributed by atoms with Crippen LogP contribution >= 0.6 is 0 Å². The van der Waals surface area contributed by atoms with Crippen LogP contribution in [0, 0.1) is 0 Å². The summed E-state index contributed by atoms with van der Waals surface area (Å²) in [6.07, 6.45) is 5.20. The number of hydrogen-bond donors (Lipinski definition) is 1. The first kappa shape index (κ1) is 12.4. The zero-order chi connectivity index (χ0) is 12.3. The molecule has 1 aromatic carbocycles. The Balaban J connectivity index is 2.15. The van der Waals surface area contributed by atoms with E-state index in [0.717, 1.165) is 37.8 Å². The van der Waals surface area contributed by atoms with E-state index in [-0.39, 0.29) is 6.10 Å². The van der Waals surface area contributed by atoms with E-state index in [9.17, 15) is 5.11 Å². The molecule has 0 amide bonds. The van der Waals surface area contributed by atoms with Crippen LogP contribution in [-0.2, 0) is 6.42 Å². The van der Waals surface area contributed by atoms with Gasteiger partial charge < -0.3 is 10.0 Å². The van der Waals surface area contributed by atoms with Crippen molar-refractivity contribution in [1.82, 2.24) is 0 Å². The molecule has 0 aromatic heterocycles. The highest BCUT2D eigenvalue weighted by Crippen LogP contribution is 2.30. The smallest absolute Gasteiger partial charge is 0.0790 e. The molecule has 1 aliphatic rings. The molecule has 1 unspecified atom stereocenters. The predicted molar refractivity (Wildman–Crippen MR) is 72.5 cm³/mol. The fraction of sp³-hybridized carbons (Fsp3) is 0.600. The maximum atomic E-state index is 10.1. The molecule has 1 heterocycles. The Morgan fingerprint density at radius 3 is 3.00 bits per heavy atom. The summed E-state index contributed by atoms with van der Waals surface area (Å²) in [6, 6.07) is 6.45. The van der Waals surface area contributed by atoms with Crippen LogP contribution in [0.1, 0.15) is 49.8 Å². The highest BCUT2D eigenvalue weighted by molar-refractivity contribution is 5.56. The molecule has 0 saturated carbocycles. The van der Waals surface area contributed by atoms with E-state index in [2.05, 4.69) is 37.1 Å². The lowest BCUT2D eigenvalue weighted by Gasteiger charge is -2.28. The van der Waals surface area contributed by atoms with Gasteiger partial charge in [-0.1, -0.05) is 31.9 Å². The quantitative estimate of drug-likeness (QED) is 0.862. The highest BCUT2D eigenvalue weighted by Gasteiger charge is 2.15. The Kier molecular flexibility index (Phi) is 4.06. The number of aryl methyl sites for hydroxylation is 1. The van der Waals surface area contributed by atoms with Crippen LogP contribution in [0.25, 0.3) is 0 Å². The Bertz CT molecular complexity index is 375. The molecule has 0 radical (unpaired) electrons. The minimum absolute atomic E-state index is 0.285. The van der Waals surface area contributed by atoms with E-state index < -0.39 is 0 Å². The number of fused-ring (bicyclic) bond motifs is 1. The Morgan fingerprint density at radius 2 is 2.24 bits per heavy atom. The average molecular weight is 233 g/mol. The van der Waals surface area contributed by atoms with Crippen molar-refractivity contribution in [3.05, 3.63) is 29.3 Å². The van der Waals surface area contributed by atoms with Gasteiger partial charge >= 0.3 is 0 Å². The van der Waals surface area contributed by atoms with Crippen molar-refractivity contribution < 1.29 is 5.11 Å². The molecule has 1 aliphatic heterocycles. The summed E-state index contributed by atoms with van der Waals surface area (Å²) >= 11 is 0. The number of rotatable bonds is 4. The van der Waals surface area contributed by atoms with E-state index >= 15 is 0 Å². The molecule has 0 spiro atoms. The number of nitrogens with zero attached hydrogens (tertiary/aromatic N) is 1. The fourth-order valence-corrected chi connectivity index (χ4v) is 2.58. The summed E-state index contributed by atoms with van der Waals surface area (Å²) in [6.45, 7) is 3.30. The molecule has 1 aromatic rings. The second-order valence-electron chi connectivity index (χ2n) is 5.07. The lowest BCUT2D eigenvalue weighted by atomic mass is 9.96. The lowest BCUT2D eigenvalue weighted by molar-refractivity contribution is 0.164. The first-order chi connectivity index (χ1) is 8.22. The summed E-state index contributed by atoms with van der Waals surface area (Å²) in [7, 11) is 2.14. The molecule has 1 atom stereocenters. The largest absolute Gasteiger partial charge is 0.388 e. The third-order valence-electron chi connectivity index (χ3n) is 3.67. The van der Waals surface area contributed by atoms with Crippen molar-refractivity contribution in [2.45, 2.75) is 45.1 Å². The maximum Gasteiger partial charge on any atom is 0.0790 e. The van der Waals surface area contributed by atoms with Gasteiger partial charge in [0, 0.05) is 19.3 Å². The minimum Gasteiger partial charge on any atom is -0.388 e. The van der Waals surface area contributed by atoms with Gasteiger partial charge in [0.05, 0.1) is 6.10 Å². The van der Waals surface area contributed by atoms with Crippen LogP contribution in [-0.4, -0.2) is 18.7 Å². The summed E-state index contributed by atoms with van der Waals surface area (Å²) in [5.74, 6) is 0. The molecule has 0 aliphatic carbocycles. The second kappa shape index (κ2) is 5.54. The van der Waals surface area contributed by atoms with Crippen LogP contribution in [0.4, 0.5) is 5.69 Å². The van der Waals surface area contributed by atoms with Crippen molar-refractivity contribution in [3.63, 3.8) is 0 Å². The molecule has 1 N–H and O–H groups in total. The molecule has 2 nitrogen and oxygen atoms in total. The van der Waals surface area contributed by atoms with Crippen LogP contribution in [0.2, 0.25) is 0 Å². The van der Waals surface area contributed by atoms with Gasteiger partial charge in [0.15, 0.2) is 0 Å². The van der Waals surface area contributed by atoms with Gasteiger partial charge in [-0.05, 0) is 36.5 Å². The first-order valence-corrected chi connectivity index (χ1v) is 6.74. The number of benzene rings is 1. The third kappa shape index (κ3) is 2.81. The zero-order valence-electron chi connectivity index (χ0n) is 10.9. The minimum atomic E-state index is -0.285. The van der Waals surface area contributed by atoms with Gasteiger partial charge in [-0.15, -0.1) is 0 Å². The maximum absolute atomic E-state index is 10.1. The second-order valence-corrected chi connectivity index (χ2v) is 5.07. The molecule has 17 heavy (non-hydrogen) atoms. The van der Waals surface area contributed by atoms with Crippen molar-refractivity contribution in [2.75, 3.05) is 18.5 Å². The zero-order valence-corrected chi connectivity index (χ0v) is 10.9. The molecular formula is C15H23NO. The van der Waals surface area contributed by atoms with Crippen LogP contribution < -0.4 is 4.90 Å². The summed E-state index contributed by atoms with van der Waals surface area (Å²) in [5.41, 5.74) is 3.82. The first-order valence-electron chi connectivity index (χ1n) is 6.74.